The van der Waals surface area contributed by atoms with Crippen molar-refractivity contribution in [1.29, 1.82) is 0 Å². The third kappa shape index (κ3) is 2.87. The topological polar surface area (TPSA) is 0 Å². The maximum Gasteiger partial charge on any atom is -1.00 e. The summed E-state index contributed by atoms with van der Waals surface area (Å²) in [5.41, 5.74) is 10.2. The molecule has 0 saturated heterocycles. The van der Waals surface area contributed by atoms with Crippen molar-refractivity contribution in [3.05, 3.63) is 70.8 Å². The largest absolute Gasteiger partial charge is 1.00 e. The monoisotopic (exact) mass is 375 g/mol. The Bertz CT molecular complexity index is 818. The summed E-state index contributed by atoms with van der Waals surface area (Å²) in [6.07, 6.45) is 5.66. The molecule has 2 aromatic rings. The van der Waals surface area contributed by atoms with E-state index in [-0.39, 0.29) is 24.8 Å². The number of benzene rings is 2. The molecule has 0 radical (unpaired) electrons. The summed E-state index contributed by atoms with van der Waals surface area (Å²) in [4.78, 5) is 0. The van der Waals surface area contributed by atoms with Crippen LogP contribution in [0.25, 0.3) is 16.7 Å². The molecule has 3 heteroatoms. The van der Waals surface area contributed by atoms with Crippen LogP contribution in [0.3, 0.4) is 0 Å². The molecule has 0 nitrogen and oxygen atoms in total. The molecule has 4 rings (SSSR count). The van der Waals surface area contributed by atoms with Gasteiger partial charge in [-0.1, -0.05) is 0 Å². The van der Waals surface area contributed by atoms with Gasteiger partial charge >= 0.3 is 138 Å². The summed E-state index contributed by atoms with van der Waals surface area (Å²) in [5, 5.41) is 0. The molecule has 23 heavy (non-hydrogen) atoms. The van der Waals surface area contributed by atoms with Crippen LogP contribution in [0.4, 0.5) is 0 Å². The zero-order chi connectivity index (χ0) is 14.6. The van der Waals surface area contributed by atoms with Gasteiger partial charge in [-0.3, -0.25) is 0 Å². The molecule has 2 aliphatic rings. The molecule has 2 aliphatic carbocycles. The van der Waals surface area contributed by atoms with Gasteiger partial charge in [-0.15, -0.1) is 0 Å². The second kappa shape index (κ2) is 6.99. The Morgan fingerprint density at radius 2 is 1.65 bits per heavy atom. The van der Waals surface area contributed by atoms with Crippen LogP contribution < -0.4 is 28.7 Å². The van der Waals surface area contributed by atoms with E-state index in [4.69, 9.17) is 0 Å². The summed E-state index contributed by atoms with van der Waals surface area (Å²) < 4.78 is 1.47. The molecule has 115 valence electrons. The fraction of sp³-hybridized carbons (Fsp3) is 0.200. The molecule has 0 N–H and O–H groups in total. The van der Waals surface area contributed by atoms with Crippen LogP contribution in [-0.4, -0.2) is 0 Å². The van der Waals surface area contributed by atoms with Crippen LogP contribution in [-0.2, 0) is 26.9 Å². The Hall–Kier alpha value is -0.786. The number of hydrogen-bond acceptors (Lipinski definition) is 0. The van der Waals surface area contributed by atoms with Gasteiger partial charge in [0.25, 0.3) is 0 Å². The molecule has 0 amide bonds. The molecule has 0 spiro atoms. The van der Waals surface area contributed by atoms with Crippen molar-refractivity contribution in [2.24, 2.45) is 5.92 Å². The first-order valence-electron chi connectivity index (χ1n) is 7.52. The van der Waals surface area contributed by atoms with Crippen molar-refractivity contribution < 1.29 is 45.2 Å². The van der Waals surface area contributed by atoms with Gasteiger partial charge in [-0.05, 0) is 0 Å². The number of rotatable bonds is 1. The van der Waals surface area contributed by atoms with Crippen LogP contribution >= 0.6 is 0 Å². The average Bonchev–Trinajstić information content (AvgIpc) is 3.02. The summed E-state index contributed by atoms with van der Waals surface area (Å²) in [7, 11) is 0. The van der Waals surface area contributed by atoms with Gasteiger partial charge in [-0.25, -0.2) is 0 Å². The molecular weight excluding hydrogens is 359 g/mol. The van der Waals surface area contributed by atoms with Crippen LogP contribution in [0.1, 0.15) is 30.5 Å². The Kier molecular flexibility index (Phi) is 5.64. The van der Waals surface area contributed by atoms with Crippen molar-refractivity contribution in [1.82, 2.24) is 0 Å². The van der Waals surface area contributed by atoms with E-state index < -0.39 is 0 Å². The number of allylic oxidation sites excluding steroid dienone is 4. The van der Waals surface area contributed by atoms with E-state index in [2.05, 4.69) is 82.8 Å². The van der Waals surface area contributed by atoms with E-state index in [1.165, 1.54) is 42.8 Å². The van der Waals surface area contributed by atoms with E-state index in [0.717, 1.165) is 6.42 Å². The van der Waals surface area contributed by atoms with Gasteiger partial charge in [0.15, 0.2) is 0 Å². The molecule has 0 aliphatic heterocycles. The van der Waals surface area contributed by atoms with Crippen molar-refractivity contribution in [2.45, 2.75) is 20.3 Å². The maximum absolute atomic E-state index is 2.33. The summed E-state index contributed by atoms with van der Waals surface area (Å²) in [6.45, 7) is 4.53. The molecule has 0 heterocycles. The fourth-order valence-corrected chi connectivity index (χ4v) is 4.42. The summed E-state index contributed by atoms with van der Waals surface area (Å²) in [6, 6.07) is 13.5. The van der Waals surface area contributed by atoms with Gasteiger partial charge < -0.3 is 24.8 Å². The number of hydrogen-bond donors (Lipinski definition) is 0. The normalized spacial score (nSPS) is 17.5. The van der Waals surface area contributed by atoms with Crippen LogP contribution in [0.15, 0.2) is 54.1 Å². The third-order valence-electron chi connectivity index (χ3n) is 4.79. The Balaban J connectivity index is 0.000000960. The quantitative estimate of drug-likeness (QED) is 0.450. The van der Waals surface area contributed by atoms with Crippen molar-refractivity contribution in [2.75, 3.05) is 0 Å². The SMILES string of the molecule is CC1=C(c2ccc3c([c]2[Ti+2])Cc2ccccc2-3)C(C)C=C1.[Cl-].[Cl-]. The van der Waals surface area contributed by atoms with E-state index in [1.807, 2.05) is 0 Å². The predicted molar refractivity (Wildman–Crippen MR) is 85.2 cm³/mol. The van der Waals surface area contributed by atoms with Gasteiger partial charge in [-0.2, -0.15) is 0 Å². The third-order valence-corrected chi connectivity index (χ3v) is 5.68. The first kappa shape index (κ1) is 18.6. The van der Waals surface area contributed by atoms with Crippen LogP contribution in [0, 0.1) is 5.92 Å². The molecule has 0 bridgehead atoms. The zero-order valence-corrected chi connectivity index (χ0v) is 16.2. The summed E-state index contributed by atoms with van der Waals surface area (Å²) in [5.74, 6) is 0.533. The Labute approximate surface area is 162 Å². The molecule has 1 atom stereocenters. The van der Waals surface area contributed by atoms with Crippen LogP contribution in [0.5, 0.6) is 0 Å². The van der Waals surface area contributed by atoms with E-state index in [1.54, 1.807) is 0 Å². The minimum Gasteiger partial charge on any atom is -1.00 e. The molecule has 0 aromatic heterocycles. The maximum atomic E-state index is 2.33. The summed E-state index contributed by atoms with van der Waals surface area (Å²) >= 11 is 2.30. The van der Waals surface area contributed by atoms with Crippen molar-refractivity contribution >= 4 is 9.44 Å². The first-order valence-corrected chi connectivity index (χ1v) is 8.30. The number of halogens is 2. The molecule has 0 fully saturated rings. The van der Waals surface area contributed by atoms with E-state index >= 15 is 0 Å². The van der Waals surface area contributed by atoms with E-state index in [0.29, 0.717) is 5.92 Å². The van der Waals surface area contributed by atoms with Crippen molar-refractivity contribution in [3.8, 4) is 11.1 Å². The second-order valence-electron chi connectivity index (χ2n) is 6.09. The smallest absolute Gasteiger partial charge is 1.00 e. The van der Waals surface area contributed by atoms with E-state index in [9.17, 15) is 0 Å². The van der Waals surface area contributed by atoms with Crippen molar-refractivity contribution in [3.63, 3.8) is 0 Å². The average molecular weight is 376 g/mol. The van der Waals surface area contributed by atoms with Gasteiger partial charge in [0.05, 0.1) is 0 Å². The minimum atomic E-state index is 0. The molecule has 0 saturated carbocycles. The van der Waals surface area contributed by atoms with Gasteiger partial charge in [0, 0.05) is 0 Å². The zero-order valence-electron chi connectivity index (χ0n) is 13.2. The van der Waals surface area contributed by atoms with Crippen LogP contribution in [0.2, 0.25) is 0 Å². The standard InChI is InChI=1S/C20H17.2ClH.Ti/c1-13-7-8-14(2)20(13)16-9-10-19-17(12-16)11-15-5-3-4-6-18(15)19;;;/h3-10,13H,11H2,1-2H3;2*1H;/q;;;+2/p-2. The molecule has 1 unspecified atom stereocenters. The minimum absolute atomic E-state index is 0. The Morgan fingerprint density at radius 3 is 2.35 bits per heavy atom. The molecular formula is C20H17Cl2Ti. The fourth-order valence-electron chi connectivity index (χ4n) is 3.73. The van der Waals surface area contributed by atoms with Gasteiger partial charge in [0.2, 0.25) is 0 Å². The molecule has 2 aromatic carbocycles. The predicted octanol–water partition coefficient (Wildman–Crippen LogP) is -1.58. The first-order chi connectivity index (χ1) is 10.2. The second-order valence-corrected chi connectivity index (χ2v) is 6.87. The number of fused-ring (bicyclic) bond motifs is 3. The van der Waals surface area contributed by atoms with Gasteiger partial charge in [0.1, 0.15) is 0 Å². The Morgan fingerprint density at radius 1 is 0.957 bits per heavy atom.